The molecule has 5 atom stereocenters. The van der Waals surface area contributed by atoms with Crippen molar-refractivity contribution in [1.29, 1.82) is 0 Å². The molecule has 3 aliphatic rings. The molecular weight excluding hydrogens is 320 g/mol. The van der Waals surface area contributed by atoms with E-state index in [0.717, 1.165) is 0 Å². The highest BCUT2D eigenvalue weighted by Gasteiger charge is 2.64. The number of ether oxygens (including phenoxy) is 7. The van der Waals surface area contributed by atoms with Crippen LogP contribution >= 0.6 is 0 Å². The maximum Gasteiger partial charge on any atom is 0.335 e. The highest BCUT2D eigenvalue weighted by atomic mass is 16.9. The molecule has 8 nitrogen and oxygen atoms in total. The van der Waals surface area contributed by atoms with E-state index in [1.54, 1.807) is 20.8 Å². The van der Waals surface area contributed by atoms with Crippen LogP contribution in [0, 0.1) is 0 Å². The van der Waals surface area contributed by atoms with Crippen LogP contribution in [0.4, 0.5) is 0 Å². The molecule has 3 saturated heterocycles. The van der Waals surface area contributed by atoms with Crippen molar-refractivity contribution in [2.24, 2.45) is 0 Å². The number of carbonyl (C=O) groups is 1. The maximum absolute atomic E-state index is 12.3. The second-order valence-corrected chi connectivity index (χ2v) is 7.29. The lowest BCUT2D eigenvalue weighted by Crippen LogP contribution is -2.63. The zero-order chi connectivity index (χ0) is 17.8. The van der Waals surface area contributed by atoms with E-state index in [1.807, 2.05) is 13.8 Å². The lowest BCUT2D eigenvalue weighted by atomic mass is 9.97. The van der Waals surface area contributed by atoms with Gasteiger partial charge < -0.3 is 33.2 Å². The summed E-state index contributed by atoms with van der Waals surface area (Å²) in [6.45, 7) is 9.19. The Bertz CT molecular complexity index is 502. The quantitative estimate of drug-likeness (QED) is 0.699. The van der Waals surface area contributed by atoms with Crippen LogP contribution in [0.5, 0.6) is 0 Å². The van der Waals surface area contributed by atoms with Crippen molar-refractivity contribution in [3.05, 3.63) is 0 Å². The normalized spacial score (nSPS) is 41.2. The van der Waals surface area contributed by atoms with Crippen LogP contribution in [0.1, 0.15) is 34.6 Å². The third kappa shape index (κ3) is 3.18. The number of carbonyl (C=O) groups excluding carboxylic acids is 1. The third-order valence-corrected chi connectivity index (χ3v) is 4.41. The fourth-order valence-corrected chi connectivity index (χ4v) is 3.24. The van der Waals surface area contributed by atoms with Crippen LogP contribution < -0.4 is 0 Å². The van der Waals surface area contributed by atoms with Gasteiger partial charge in [-0.15, -0.1) is 0 Å². The zero-order valence-corrected chi connectivity index (χ0v) is 15.0. The predicted molar refractivity (Wildman–Crippen MR) is 80.0 cm³/mol. The van der Waals surface area contributed by atoms with Gasteiger partial charge in [0.25, 0.3) is 0 Å². The van der Waals surface area contributed by atoms with Crippen LogP contribution in [0.25, 0.3) is 0 Å². The molecule has 3 rings (SSSR count). The van der Waals surface area contributed by atoms with Gasteiger partial charge in [0.05, 0.1) is 6.61 Å². The minimum Gasteiger partial charge on any atom is -0.452 e. The van der Waals surface area contributed by atoms with Gasteiger partial charge in [0.2, 0.25) is 5.79 Å². The van der Waals surface area contributed by atoms with Crippen molar-refractivity contribution in [2.75, 3.05) is 20.3 Å². The van der Waals surface area contributed by atoms with E-state index < -0.39 is 41.6 Å². The van der Waals surface area contributed by atoms with Crippen molar-refractivity contribution >= 4 is 5.97 Å². The first-order valence-electron chi connectivity index (χ1n) is 8.14. The van der Waals surface area contributed by atoms with Crippen molar-refractivity contribution in [1.82, 2.24) is 0 Å². The van der Waals surface area contributed by atoms with Gasteiger partial charge in [-0.05, 0) is 34.6 Å². The Kier molecular flexibility index (Phi) is 4.43. The molecule has 138 valence electrons. The average Bonchev–Trinajstić information content (AvgIpc) is 2.97. The van der Waals surface area contributed by atoms with Crippen molar-refractivity contribution in [2.45, 2.75) is 76.4 Å². The Labute approximate surface area is 141 Å². The van der Waals surface area contributed by atoms with Gasteiger partial charge in [-0.25, -0.2) is 4.79 Å². The van der Waals surface area contributed by atoms with Gasteiger partial charge >= 0.3 is 5.97 Å². The Morgan fingerprint density at radius 1 is 1.12 bits per heavy atom. The van der Waals surface area contributed by atoms with Crippen molar-refractivity contribution < 1.29 is 38.0 Å². The molecule has 0 aromatic heterocycles. The molecular formula is C16H26O8. The second-order valence-electron chi connectivity index (χ2n) is 7.29. The molecule has 3 fully saturated rings. The number of hydrogen-bond acceptors (Lipinski definition) is 8. The third-order valence-electron chi connectivity index (χ3n) is 4.41. The zero-order valence-electron chi connectivity index (χ0n) is 15.0. The van der Waals surface area contributed by atoms with Crippen LogP contribution in [-0.2, 0) is 38.0 Å². The molecule has 3 aliphatic heterocycles. The number of hydrogen-bond donors (Lipinski definition) is 0. The van der Waals surface area contributed by atoms with Crippen molar-refractivity contribution in [3.63, 3.8) is 0 Å². The monoisotopic (exact) mass is 346 g/mol. The summed E-state index contributed by atoms with van der Waals surface area (Å²) in [6.07, 6.45) is -2.41. The summed E-state index contributed by atoms with van der Waals surface area (Å²) in [5.74, 6) is -3.39. The van der Waals surface area contributed by atoms with E-state index in [1.165, 1.54) is 7.11 Å². The summed E-state index contributed by atoms with van der Waals surface area (Å²) in [5, 5.41) is 0. The molecule has 8 heteroatoms. The van der Waals surface area contributed by atoms with Gasteiger partial charge in [-0.3, -0.25) is 0 Å². The van der Waals surface area contributed by atoms with Gasteiger partial charge in [0.1, 0.15) is 18.8 Å². The van der Waals surface area contributed by atoms with E-state index in [9.17, 15) is 4.79 Å². The second kappa shape index (κ2) is 5.89. The average molecular weight is 346 g/mol. The summed E-state index contributed by atoms with van der Waals surface area (Å²) < 4.78 is 40.1. The molecule has 24 heavy (non-hydrogen) atoms. The van der Waals surface area contributed by atoms with Gasteiger partial charge in [0.15, 0.2) is 23.8 Å². The minimum absolute atomic E-state index is 0.131. The lowest BCUT2D eigenvalue weighted by Gasteiger charge is -2.43. The molecule has 0 saturated carbocycles. The number of methoxy groups -OCH3 is 1. The molecule has 3 unspecified atom stereocenters. The summed E-state index contributed by atoms with van der Waals surface area (Å²) in [4.78, 5) is 12.3. The highest BCUT2D eigenvalue weighted by Crippen LogP contribution is 2.45. The summed E-state index contributed by atoms with van der Waals surface area (Å²) in [5.41, 5.74) is 0. The standard InChI is InChI=1S/C16H26O8/c1-9(18-6)13(17)21-12-11-10(22-15(4,5)23-11)7-19-16(12)8-20-14(2,3)24-16/h9-12H,7-8H2,1-6H3/t9?,10-,11-,12?,16?/m1/s1. The molecule has 0 bridgehead atoms. The van der Waals surface area contributed by atoms with Gasteiger partial charge in [-0.1, -0.05) is 0 Å². The molecule has 0 amide bonds. The van der Waals surface area contributed by atoms with Crippen LogP contribution in [-0.4, -0.2) is 68.1 Å². The molecule has 0 radical (unpaired) electrons. The predicted octanol–water partition coefficient (Wildman–Crippen LogP) is 0.963. The number of esters is 1. The Hall–Kier alpha value is -0.770. The van der Waals surface area contributed by atoms with Gasteiger partial charge in [-0.2, -0.15) is 0 Å². The number of fused-ring (bicyclic) bond motifs is 1. The van der Waals surface area contributed by atoms with E-state index in [0.29, 0.717) is 0 Å². The van der Waals surface area contributed by atoms with E-state index in [-0.39, 0.29) is 19.3 Å². The first-order valence-corrected chi connectivity index (χ1v) is 8.14. The fraction of sp³-hybridized carbons (Fsp3) is 0.938. The Morgan fingerprint density at radius 3 is 2.42 bits per heavy atom. The van der Waals surface area contributed by atoms with E-state index in [2.05, 4.69) is 0 Å². The molecule has 0 aliphatic carbocycles. The molecule has 0 aromatic rings. The topological polar surface area (TPSA) is 81.7 Å². The smallest absolute Gasteiger partial charge is 0.335 e. The SMILES string of the molecule is COC(C)C(=O)OC1[C@@H]2OC(C)(C)O[C@@H]2COC12COC(C)(C)O2. The Balaban J connectivity index is 1.87. The minimum atomic E-state index is -1.22. The van der Waals surface area contributed by atoms with E-state index in [4.69, 9.17) is 33.2 Å². The highest BCUT2D eigenvalue weighted by molar-refractivity contribution is 5.74. The molecule has 1 spiro atoms. The largest absolute Gasteiger partial charge is 0.452 e. The summed E-state index contributed by atoms with van der Waals surface area (Å²) >= 11 is 0. The van der Waals surface area contributed by atoms with Crippen LogP contribution in [0.15, 0.2) is 0 Å². The van der Waals surface area contributed by atoms with Gasteiger partial charge in [0, 0.05) is 7.11 Å². The summed E-state index contributed by atoms with van der Waals surface area (Å²) in [6, 6.07) is 0. The summed E-state index contributed by atoms with van der Waals surface area (Å²) in [7, 11) is 1.44. The van der Waals surface area contributed by atoms with E-state index >= 15 is 0 Å². The van der Waals surface area contributed by atoms with Crippen LogP contribution in [0.2, 0.25) is 0 Å². The van der Waals surface area contributed by atoms with Crippen LogP contribution in [0.3, 0.4) is 0 Å². The lowest BCUT2D eigenvalue weighted by molar-refractivity contribution is -0.329. The Morgan fingerprint density at radius 2 is 1.83 bits per heavy atom. The molecule has 0 N–H and O–H groups in total. The van der Waals surface area contributed by atoms with Crippen molar-refractivity contribution in [3.8, 4) is 0 Å². The molecule has 3 heterocycles. The number of rotatable bonds is 3. The maximum atomic E-state index is 12.3. The first-order chi connectivity index (χ1) is 11.1. The molecule has 0 aromatic carbocycles. The fourth-order valence-electron chi connectivity index (χ4n) is 3.24. The first kappa shape index (κ1) is 18.0.